The number of benzene rings is 4. The van der Waals surface area contributed by atoms with E-state index in [-0.39, 0.29) is 47.0 Å². The first kappa shape index (κ1) is 41.4. The Morgan fingerprint density at radius 3 is 1.74 bits per heavy atom. The Morgan fingerprint density at radius 1 is 0.741 bits per heavy atom. The number of fused-ring (bicyclic) bond motifs is 5. The Balaban J connectivity index is 0.00000249. The quantitative estimate of drug-likeness (QED) is 0.165. The van der Waals surface area contributed by atoms with E-state index in [0.717, 1.165) is 22.9 Å². The van der Waals surface area contributed by atoms with Gasteiger partial charge >= 0.3 is 325 Å². The second-order valence-corrected chi connectivity index (χ2v) is 31.9. The summed E-state index contributed by atoms with van der Waals surface area (Å²) in [5.74, 6) is 0.281. The first-order valence-corrected chi connectivity index (χ1v) is 26.5. The van der Waals surface area contributed by atoms with Crippen molar-refractivity contribution in [3.05, 3.63) is 147 Å². The zero-order valence-electron chi connectivity index (χ0n) is 33.4. The molecule has 0 amide bonds. The van der Waals surface area contributed by atoms with E-state index >= 15 is 0 Å². The minimum atomic E-state index is -5.12. The minimum absolute atomic E-state index is 0. The van der Waals surface area contributed by atoms with E-state index in [0.29, 0.717) is 0 Å². The Labute approximate surface area is 347 Å². The molecule has 1 atom stereocenters. The molecule has 4 aromatic carbocycles. The molecule has 4 aliphatic rings. The van der Waals surface area contributed by atoms with Gasteiger partial charge in [0.25, 0.3) is 0 Å². The summed E-state index contributed by atoms with van der Waals surface area (Å²) >= 11 is 8.27. The number of allylic oxidation sites excluding steroid dienone is 8. The number of hydrogen-bond donors (Lipinski definition) is 0. The average molecular weight is 876 g/mol. The van der Waals surface area contributed by atoms with Crippen LogP contribution in [0, 0.1) is 11.3 Å². The topological polar surface area (TPSA) is 0 Å². The van der Waals surface area contributed by atoms with Crippen molar-refractivity contribution in [2.75, 3.05) is 0 Å². The SMILES string of the molecule is Cl.Cl.[CH2]=[Zr]([C]1=CC(C(C)(C)C)=CC1CC)([C]1=C(C)c2cc3c(cc2C1(C)C)Cc1cc2c(cc1-3)C(C)=CC2(C)C)([c]1ccc(Cl)cc1)[c]1ccc(Cl)cc1. The van der Waals surface area contributed by atoms with Crippen LogP contribution >= 0.6 is 48.0 Å². The van der Waals surface area contributed by atoms with Crippen molar-refractivity contribution < 1.29 is 18.3 Å². The van der Waals surface area contributed by atoms with Crippen LogP contribution in [-0.2, 0) is 35.5 Å². The van der Waals surface area contributed by atoms with Crippen molar-refractivity contribution in [3.63, 3.8) is 0 Å². The Bertz CT molecular complexity index is 2370. The standard InChI is InChI=1S/C25H25.C11H17.2C6H4Cl.CH2.2ClH.Zr/c1-14-12-24(3,4)22-8-16-7-17-9-23-19(15(2)13-25(23,5)6)11-21(17)20(16)10-18(14)22;1-5-9-6-7-10(8-9)11(2,3)4;2*7-6-4-2-1-3-5-6;;;;/h8-12H,7H2,1-6H3;7-9H,5H2,1-4H3;2*2-5H;1H2;2*1H;. The number of hydrogen-bond acceptors (Lipinski definition) is 0. The molecule has 54 heavy (non-hydrogen) atoms. The molecule has 0 saturated carbocycles. The van der Waals surface area contributed by atoms with Gasteiger partial charge in [-0.25, -0.2) is 0 Å². The molecule has 0 heterocycles. The predicted octanol–water partition coefficient (Wildman–Crippen LogP) is 13.8. The summed E-state index contributed by atoms with van der Waals surface area (Å²) in [6.07, 6.45) is 9.58. The van der Waals surface area contributed by atoms with Crippen molar-refractivity contribution in [2.24, 2.45) is 11.3 Å². The average Bonchev–Trinajstić information content (AvgIpc) is 3.79. The Kier molecular flexibility index (Phi) is 10.3. The van der Waals surface area contributed by atoms with E-state index in [9.17, 15) is 0 Å². The normalized spacial score (nSPS) is 19.2. The van der Waals surface area contributed by atoms with Gasteiger partial charge in [0.2, 0.25) is 0 Å². The molecule has 0 aliphatic heterocycles. The number of rotatable bonds is 5. The Morgan fingerprint density at radius 2 is 1.24 bits per heavy atom. The molecule has 0 spiro atoms. The molecule has 0 bridgehead atoms. The fourth-order valence-electron chi connectivity index (χ4n) is 11.1. The van der Waals surface area contributed by atoms with Crippen LogP contribution in [0.4, 0.5) is 0 Å². The van der Waals surface area contributed by atoms with Crippen molar-refractivity contribution in [2.45, 2.75) is 92.9 Å². The van der Waals surface area contributed by atoms with E-state index in [4.69, 9.17) is 27.4 Å². The summed E-state index contributed by atoms with van der Waals surface area (Å²) < 4.78 is 11.5. The maximum absolute atomic E-state index is 6.69. The van der Waals surface area contributed by atoms with Crippen LogP contribution in [0.25, 0.3) is 22.3 Å². The van der Waals surface area contributed by atoms with E-state index in [1.807, 2.05) is 0 Å². The first-order chi connectivity index (χ1) is 24.3. The van der Waals surface area contributed by atoms with Gasteiger partial charge in [0.15, 0.2) is 0 Å². The second kappa shape index (κ2) is 13.4. The molecule has 282 valence electrons. The van der Waals surface area contributed by atoms with Gasteiger partial charge in [-0.3, -0.25) is 0 Å². The molecule has 0 nitrogen and oxygen atoms in total. The van der Waals surface area contributed by atoms with Gasteiger partial charge in [0.05, 0.1) is 0 Å². The van der Waals surface area contributed by atoms with Gasteiger partial charge in [-0.05, 0) is 0 Å². The van der Waals surface area contributed by atoms with Crippen LogP contribution < -0.4 is 6.54 Å². The van der Waals surface area contributed by atoms with Crippen molar-refractivity contribution >= 4 is 69.9 Å². The summed E-state index contributed by atoms with van der Waals surface area (Å²) in [6, 6.07) is 27.7. The first-order valence-electron chi connectivity index (χ1n) is 19.1. The summed E-state index contributed by atoms with van der Waals surface area (Å²) in [6.45, 7) is 23.7. The van der Waals surface area contributed by atoms with Gasteiger partial charge in [0, 0.05) is 0 Å². The Hall–Kier alpha value is -2.25. The van der Waals surface area contributed by atoms with Gasteiger partial charge in [-0.15, -0.1) is 24.8 Å². The summed E-state index contributed by atoms with van der Waals surface area (Å²) in [5.41, 5.74) is 15.4. The summed E-state index contributed by atoms with van der Waals surface area (Å²) in [7, 11) is 0. The van der Waals surface area contributed by atoms with Gasteiger partial charge in [0.1, 0.15) is 0 Å². The molecule has 0 fully saturated rings. The maximum atomic E-state index is 6.69. The summed E-state index contributed by atoms with van der Waals surface area (Å²) in [5, 5.41) is 1.50. The third-order valence-electron chi connectivity index (χ3n) is 13.5. The van der Waals surface area contributed by atoms with E-state index < -0.39 is 18.3 Å². The molecular weight excluding hydrogens is 822 g/mol. The van der Waals surface area contributed by atoms with Gasteiger partial charge < -0.3 is 0 Å². The molecule has 0 N–H and O–H groups in total. The van der Waals surface area contributed by atoms with Gasteiger partial charge in [-0.1, -0.05) is 0 Å². The fourth-order valence-corrected chi connectivity index (χ4v) is 30.3. The van der Waals surface area contributed by atoms with Crippen LogP contribution in [0.3, 0.4) is 0 Å². The van der Waals surface area contributed by atoms with Crippen LogP contribution in [0.2, 0.25) is 10.0 Å². The molecule has 0 aromatic heterocycles. The molecule has 5 heteroatoms. The fraction of sp³-hybridized carbons (Fsp3) is 0.327. The van der Waals surface area contributed by atoms with Crippen molar-refractivity contribution in [3.8, 4) is 11.1 Å². The zero-order valence-corrected chi connectivity index (χ0v) is 39.0. The molecule has 8 rings (SSSR count). The molecular formula is C49H54Cl4Zr. The number of halogens is 4. The third kappa shape index (κ3) is 5.64. The van der Waals surface area contributed by atoms with Crippen LogP contribution in [0.5, 0.6) is 0 Å². The van der Waals surface area contributed by atoms with E-state index in [1.165, 1.54) is 74.3 Å². The van der Waals surface area contributed by atoms with Crippen LogP contribution in [0.15, 0.2) is 103 Å². The van der Waals surface area contributed by atoms with E-state index in [2.05, 4.69) is 160 Å². The predicted molar refractivity (Wildman–Crippen MR) is 240 cm³/mol. The third-order valence-corrected chi connectivity index (χ3v) is 31.5. The van der Waals surface area contributed by atoms with Crippen molar-refractivity contribution in [1.29, 1.82) is 0 Å². The van der Waals surface area contributed by atoms with Crippen LogP contribution in [-0.4, -0.2) is 4.21 Å². The summed E-state index contributed by atoms with van der Waals surface area (Å²) in [4.78, 5) is 0. The second-order valence-electron chi connectivity index (χ2n) is 18.4. The molecule has 1 unspecified atom stereocenters. The van der Waals surface area contributed by atoms with Crippen molar-refractivity contribution in [1.82, 2.24) is 0 Å². The van der Waals surface area contributed by atoms with Gasteiger partial charge in [-0.2, -0.15) is 0 Å². The molecule has 0 saturated heterocycles. The molecule has 0 radical (unpaired) electrons. The van der Waals surface area contributed by atoms with Crippen LogP contribution in [0.1, 0.15) is 109 Å². The molecule has 4 aliphatic carbocycles. The zero-order chi connectivity index (χ0) is 37.4. The monoisotopic (exact) mass is 872 g/mol. The van der Waals surface area contributed by atoms with E-state index in [1.54, 1.807) is 0 Å². The molecule has 4 aromatic rings.